The summed E-state index contributed by atoms with van der Waals surface area (Å²) in [5.74, 6) is -0.223. The number of anilines is 1. The van der Waals surface area contributed by atoms with Gasteiger partial charge >= 0.3 is 5.97 Å². The first-order valence-electron chi connectivity index (χ1n) is 8.09. The fourth-order valence-electron chi connectivity index (χ4n) is 2.30. The quantitative estimate of drug-likeness (QED) is 0.795. The first kappa shape index (κ1) is 18.0. The van der Waals surface area contributed by atoms with E-state index >= 15 is 0 Å². The van der Waals surface area contributed by atoms with Crippen LogP contribution in [0.2, 0.25) is 0 Å². The second-order valence-electron chi connectivity index (χ2n) is 6.79. The molecule has 0 atom stereocenters. The molecule has 0 spiro atoms. The number of esters is 1. The van der Waals surface area contributed by atoms with Crippen molar-refractivity contribution in [2.75, 3.05) is 5.32 Å². The fourth-order valence-corrected chi connectivity index (χ4v) is 2.30. The van der Waals surface area contributed by atoms with Crippen LogP contribution in [-0.2, 0) is 29.1 Å². The van der Waals surface area contributed by atoms with Crippen molar-refractivity contribution in [2.45, 2.75) is 45.9 Å². The van der Waals surface area contributed by atoms with Gasteiger partial charge in [-0.2, -0.15) is 0 Å². The largest absolute Gasteiger partial charge is 0.460 e. The Morgan fingerprint density at radius 3 is 2.33 bits per heavy atom. The van der Waals surface area contributed by atoms with Gasteiger partial charge in [-0.15, -0.1) is 0 Å². The van der Waals surface area contributed by atoms with E-state index in [9.17, 15) is 4.79 Å². The molecule has 0 aliphatic heterocycles. The zero-order valence-corrected chi connectivity index (χ0v) is 14.5. The number of rotatable bonds is 6. The average molecular weight is 327 g/mol. The molecule has 0 unspecified atom stereocenters. The maximum Gasteiger partial charge on any atom is 0.310 e. The Morgan fingerprint density at radius 2 is 1.71 bits per heavy atom. The second-order valence-corrected chi connectivity index (χ2v) is 6.79. The van der Waals surface area contributed by atoms with Gasteiger partial charge < -0.3 is 15.2 Å². The molecular formula is C20H25NO3. The molecule has 0 fully saturated rings. The molecule has 4 nitrogen and oxygen atoms in total. The van der Waals surface area contributed by atoms with E-state index in [1.165, 1.54) is 0 Å². The summed E-state index contributed by atoms with van der Waals surface area (Å²) in [7, 11) is 0. The molecule has 4 heteroatoms. The van der Waals surface area contributed by atoms with Crippen molar-refractivity contribution >= 4 is 11.7 Å². The van der Waals surface area contributed by atoms with Crippen molar-refractivity contribution in [2.24, 2.45) is 0 Å². The van der Waals surface area contributed by atoms with E-state index < -0.39 is 5.60 Å². The van der Waals surface area contributed by atoms with Gasteiger partial charge in [0.05, 0.1) is 13.0 Å². The van der Waals surface area contributed by atoms with Crippen molar-refractivity contribution in [1.82, 2.24) is 0 Å². The maximum absolute atomic E-state index is 11.9. The Balaban J connectivity index is 1.93. The summed E-state index contributed by atoms with van der Waals surface area (Å²) in [6, 6.07) is 15.6. The lowest BCUT2D eigenvalue weighted by molar-refractivity contribution is -0.153. The Hall–Kier alpha value is -2.33. The fraction of sp³-hybridized carbons (Fsp3) is 0.350. The van der Waals surface area contributed by atoms with Gasteiger partial charge in [0, 0.05) is 12.2 Å². The van der Waals surface area contributed by atoms with E-state index in [1.807, 2.05) is 69.3 Å². The third kappa shape index (κ3) is 6.05. The highest BCUT2D eigenvalue weighted by atomic mass is 16.6. The number of aliphatic hydroxyl groups excluding tert-OH is 1. The van der Waals surface area contributed by atoms with Gasteiger partial charge in [-0.3, -0.25) is 4.79 Å². The molecule has 24 heavy (non-hydrogen) atoms. The summed E-state index contributed by atoms with van der Waals surface area (Å²) in [6.07, 6.45) is 0.262. The lowest BCUT2D eigenvalue weighted by atomic mass is 10.1. The SMILES string of the molecule is CC(C)(C)OC(=O)Cc1cccc(NCc2ccc(CO)cc2)c1. The maximum atomic E-state index is 11.9. The van der Waals surface area contributed by atoms with E-state index in [2.05, 4.69) is 5.32 Å². The van der Waals surface area contributed by atoms with Crippen LogP contribution in [0, 0.1) is 0 Å². The van der Waals surface area contributed by atoms with Crippen LogP contribution < -0.4 is 5.32 Å². The third-order valence-corrected chi connectivity index (χ3v) is 3.40. The van der Waals surface area contributed by atoms with Crippen LogP contribution in [0.15, 0.2) is 48.5 Å². The summed E-state index contributed by atoms with van der Waals surface area (Å²) >= 11 is 0. The van der Waals surface area contributed by atoms with Gasteiger partial charge in [0.15, 0.2) is 0 Å². The highest BCUT2D eigenvalue weighted by Crippen LogP contribution is 2.15. The Labute approximate surface area is 143 Å². The summed E-state index contributed by atoms with van der Waals surface area (Å²) in [6.45, 7) is 6.34. The monoisotopic (exact) mass is 327 g/mol. The lowest BCUT2D eigenvalue weighted by Gasteiger charge is -2.19. The average Bonchev–Trinajstić information content (AvgIpc) is 2.52. The predicted octanol–water partition coefficient (Wildman–Crippen LogP) is 3.68. The molecule has 0 aliphatic rings. The van der Waals surface area contributed by atoms with E-state index in [-0.39, 0.29) is 19.0 Å². The number of carbonyl (C=O) groups excluding carboxylic acids is 1. The number of aliphatic hydroxyl groups is 1. The number of benzene rings is 2. The van der Waals surface area contributed by atoms with E-state index in [0.717, 1.165) is 22.4 Å². The number of carbonyl (C=O) groups is 1. The van der Waals surface area contributed by atoms with Gasteiger partial charge in [0.25, 0.3) is 0 Å². The van der Waals surface area contributed by atoms with E-state index in [1.54, 1.807) is 0 Å². The highest BCUT2D eigenvalue weighted by Gasteiger charge is 2.16. The molecule has 0 aromatic heterocycles. The molecule has 0 amide bonds. The van der Waals surface area contributed by atoms with Crippen molar-refractivity contribution < 1.29 is 14.6 Å². The van der Waals surface area contributed by atoms with Gasteiger partial charge in [-0.25, -0.2) is 0 Å². The first-order chi connectivity index (χ1) is 11.4. The van der Waals surface area contributed by atoms with Gasteiger partial charge in [0.1, 0.15) is 5.60 Å². The summed E-state index contributed by atoms with van der Waals surface area (Å²) in [5, 5.41) is 12.4. The van der Waals surface area contributed by atoms with E-state index in [0.29, 0.717) is 6.54 Å². The number of nitrogens with one attached hydrogen (secondary N) is 1. The van der Waals surface area contributed by atoms with Gasteiger partial charge in [-0.05, 0) is 49.6 Å². The van der Waals surface area contributed by atoms with Crippen LogP contribution in [-0.4, -0.2) is 16.7 Å². The van der Waals surface area contributed by atoms with Crippen LogP contribution in [0.1, 0.15) is 37.5 Å². The van der Waals surface area contributed by atoms with Gasteiger partial charge in [0.2, 0.25) is 0 Å². The van der Waals surface area contributed by atoms with Crippen LogP contribution in [0.3, 0.4) is 0 Å². The molecule has 0 aliphatic carbocycles. The van der Waals surface area contributed by atoms with Crippen molar-refractivity contribution in [3.05, 3.63) is 65.2 Å². The van der Waals surface area contributed by atoms with Crippen LogP contribution in [0.5, 0.6) is 0 Å². The lowest BCUT2D eigenvalue weighted by Crippen LogP contribution is -2.24. The second kappa shape index (κ2) is 7.97. The summed E-state index contributed by atoms with van der Waals surface area (Å²) in [5.41, 5.74) is 3.45. The molecule has 2 rings (SSSR count). The van der Waals surface area contributed by atoms with Gasteiger partial charge in [-0.1, -0.05) is 36.4 Å². The number of ether oxygens (including phenoxy) is 1. The molecule has 0 bridgehead atoms. The molecule has 2 aromatic rings. The number of hydrogen-bond donors (Lipinski definition) is 2. The standard InChI is InChI=1S/C20H25NO3/c1-20(2,3)24-19(23)12-17-5-4-6-18(11-17)21-13-15-7-9-16(14-22)10-8-15/h4-11,21-22H,12-14H2,1-3H3. The van der Waals surface area contributed by atoms with Crippen LogP contribution in [0.25, 0.3) is 0 Å². The molecule has 0 radical (unpaired) electrons. The van der Waals surface area contributed by atoms with Crippen molar-refractivity contribution in [3.63, 3.8) is 0 Å². The normalized spacial score (nSPS) is 11.2. The minimum atomic E-state index is -0.465. The molecule has 128 valence electrons. The van der Waals surface area contributed by atoms with Crippen LogP contribution >= 0.6 is 0 Å². The third-order valence-electron chi connectivity index (χ3n) is 3.40. The summed E-state index contributed by atoms with van der Waals surface area (Å²) < 4.78 is 5.35. The zero-order valence-electron chi connectivity index (χ0n) is 14.5. The predicted molar refractivity (Wildman–Crippen MR) is 95.7 cm³/mol. The highest BCUT2D eigenvalue weighted by molar-refractivity contribution is 5.73. The first-order valence-corrected chi connectivity index (χ1v) is 8.09. The van der Waals surface area contributed by atoms with E-state index in [4.69, 9.17) is 9.84 Å². The Kier molecular flexibility index (Phi) is 5.99. The molecule has 0 saturated heterocycles. The van der Waals surface area contributed by atoms with Crippen molar-refractivity contribution in [3.8, 4) is 0 Å². The van der Waals surface area contributed by atoms with Crippen LogP contribution in [0.4, 0.5) is 5.69 Å². The molecule has 2 N–H and O–H groups in total. The minimum absolute atomic E-state index is 0.0560. The number of hydrogen-bond acceptors (Lipinski definition) is 4. The minimum Gasteiger partial charge on any atom is -0.460 e. The molecule has 0 saturated carbocycles. The Morgan fingerprint density at radius 1 is 1.04 bits per heavy atom. The summed E-state index contributed by atoms with van der Waals surface area (Å²) in [4.78, 5) is 11.9. The Bertz CT molecular complexity index is 672. The topological polar surface area (TPSA) is 58.6 Å². The smallest absolute Gasteiger partial charge is 0.310 e. The molecule has 0 heterocycles. The molecule has 2 aromatic carbocycles. The molecular weight excluding hydrogens is 302 g/mol. The zero-order chi connectivity index (χ0) is 17.6. The van der Waals surface area contributed by atoms with Crippen molar-refractivity contribution in [1.29, 1.82) is 0 Å².